The number of methoxy groups -OCH3 is 1. The largest absolute Gasteiger partial charge is 0.497 e. The zero-order chi connectivity index (χ0) is 15.1. The Morgan fingerprint density at radius 3 is 3.05 bits per heavy atom. The topological polar surface area (TPSA) is 29.5 Å². The number of likely N-dealkylation sites (N-methyl/N-ethyl adjacent to an activating group) is 1. The maximum Gasteiger partial charge on any atom is 0.206 e. The molecule has 1 heterocycles. The van der Waals surface area contributed by atoms with Crippen LogP contribution in [0.1, 0.15) is 32.1 Å². The first-order valence-electron chi connectivity index (χ1n) is 7.68. The van der Waals surface area contributed by atoms with Gasteiger partial charge >= 0.3 is 0 Å². The summed E-state index contributed by atoms with van der Waals surface area (Å²) in [6.07, 6.45) is 13.6. The van der Waals surface area contributed by atoms with E-state index in [0.717, 1.165) is 50.2 Å². The van der Waals surface area contributed by atoms with Crippen molar-refractivity contribution in [2.75, 3.05) is 26.5 Å². The summed E-state index contributed by atoms with van der Waals surface area (Å²) in [4.78, 5) is 14.3. The van der Waals surface area contributed by atoms with Gasteiger partial charge in [0.05, 0.1) is 13.2 Å². The van der Waals surface area contributed by atoms with E-state index in [4.69, 9.17) is 4.74 Å². The predicted octanol–water partition coefficient (Wildman–Crippen LogP) is 3.54. The Morgan fingerprint density at radius 1 is 1.48 bits per heavy atom. The fourth-order valence-corrected chi connectivity index (χ4v) is 3.73. The highest BCUT2D eigenvalue weighted by atomic mass is 32.2. The van der Waals surface area contributed by atoms with Crippen LogP contribution >= 0.6 is 11.8 Å². The van der Waals surface area contributed by atoms with Crippen LogP contribution in [0.5, 0.6) is 0 Å². The van der Waals surface area contributed by atoms with E-state index in [-0.39, 0.29) is 6.04 Å². The Morgan fingerprint density at radius 2 is 2.33 bits per heavy atom. The van der Waals surface area contributed by atoms with E-state index in [2.05, 4.69) is 24.1 Å². The molecule has 2 rings (SSSR count). The highest BCUT2D eigenvalue weighted by Crippen LogP contribution is 2.23. The normalized spacial score (nSPS) is 22.7. The van der Waals surface area contributed by atoms with Gasteiger partial charge in [0.15, 0.2) is 0 Å². The number of carbonyl (C=O) groups excluding carboxylic acids is 1. The summed E-state index contributed by atoms with van der Waals surface area (Å²) in [6, 6.07) is 0.155. The zero-order valence-electron chi connectivity index (χ0n) is 13.0. The Kier molecular flexibility index (Phi) is 6.58. The smallest absolute Gasteiger partial charge is 0.206 e. The van der Waals surface area contributed by atoms with E-state index in [9.17, 15) is 4.79 Å². The fraction of sp³-hybridized carbons (Fsp3) is 0.588. The van der Waals surface area contributed by atoms with Gasteiger partial charge in [0, 0.05) is 5.75 Å². The molecule has 0 aromatic rings. The summed E-state index contributed by atoms with van der Waals surface area (Å²) in [6.45, 7) is 1.06. The maximum absolute atomic E-state index is 12.1. The van der Waals surface area contributed by atoms with Gasteiger partial charge in [-0.1, -0.05) is 29.5 Å². The van der Waals surface area contributed by atoms with E-state index in [0.29, 0.717) is 5.12 Å². The van der Waals surface area contributed by atoms with Crippen LogP contribution in [0.25, 0.3) is 0 Å². The minimum absolute atomic E-state index is 0.155. The third-order valence-corrected chi connectivity index (χ3v) is 5.11. The van der Waals surface area contributed by atoms with E-state index >= 15 is 0 Å². The first-order valence-corrected chi connectivity index (χ1v) is 8.66. The van der Waals surface area contributed by atoms with Crippen molar-refractivity contribution in [1.29, 1.82) is 0 Å². The molecule has 1 atom stereocenters. The Labute approximate surface area is 132 Å². The molecule has 0 amide bonds. The molecule has 1 aliphatic carbocycles. The second-order valence-electron chi connectivity index (χ2n) is 5.61. The van der Waals surface area contributed by atoms with Crippen LogP contribution in [0.15, 0.2) is 35.6 Å². The number of allylic oxidation sites excluding steroid dienone is 5. The molecular weight excluding hydrogens is 282 g/mol. The van der Waals surface area contributed by atoms with Crippen molar-refractivity contribution in [2.24, 2.45) is 0 Å². The molecule has 21 heavy (non-hydrogen) atoms. The van der Waals surface area contributed by atoms with Crippen molar-refractivity contribution < 1.29 is 9.53 Å². The fourth-order valence-electron chi connectivity index (χ4n) is 2.75. The summed E-state index contributed by atoms with van der Waals surface area (Å²) in [5, 5.41) is 0.353. The average molecular weight is 307 g/mol. The van der Waals surface area contributed by atoms with Crippen LogP contribution in [-0.4, -0.2) is 42.5 Å². The van der Waals surface area contributed by atoms with Crippen LogP contribution in [0.3, 0.4) is 0 Å². The van der Waals surface area contributed by atoms with Gasteiger partial charge in [0.1, 0.15) is 5.76 Å². The lowest BCUT2D eigenvalue weighted by molar-refractivity contribution is -0.114. The van der Waals surface area contributed by atoms with Crippen LogP contribution in [0, 0.1) is 0 Å². The van der Waals surface area contributed by atoms with Crippen LogP contribution < -0.4 is 0 Å². The average Bonchev–Trinajstić information content (AvgIpc) is 2.78. The van der Waals surface area contributed by atoms with Crippen molar-refractivity contribution in [1.82, 2.24) is 4.90 Å². The molecule has 116 valence electrons. The molecule has 1 fully saturated rings. The molecule has 0 aromatic carbocycles. The van der Waals surface area contributed by atoms with Gasteiger partial charge in [-0.25, -0.2) is 0 Å². The molecule has 4 heteroatoms. The van der Waals surface area contributed by atoms with Gasteiger partial charge in [-0.2, -0.15) is 0 Å². The number of thioether (sulfide) groups is 1. The lowest BCUT2D eigenvalue weighted by atomic mass is 10.1. The van der Waals surface area contributed by atoms with Crippen LogP contribution in [0.2, 0.25) is 0 Å². The second-order valence-corrected chi connectivity index (χ2v) is 6.71. The van der Waals surface area contributed by atoms with Gasteiger partial charge in [0.2, 0.25) is 5.12 Å². The number of hydrogen-bond donors (Lipinski definition) is 0. The van der Waals surface area contributed by atoms with E-state index in [1.165, 1.54) is 17.3 Å². The minimum atomic E-state index is 0.155. The maximum atomic E-state index is 12.1. The molecule has 0 saturated carbocycles. The summed E-state index contributed by atoms with van der Waals surface area (Å²) in [5.74, 6) is 1.82. The zero-order valence-corrected chi connectivity index (χ0v) is 13.8. The van der Waals surface area contributed by atoms with Gasteiger partial charge in [-0.05, 0) is 57.8 Å². The summed E-state index contributed by atoms with van der Waals surface area (Å²) < 4.78 is 5.22. The molecule has 1 unspecified atom stereocenters. The van der Waals surface area contributed by atoms with Gasteiger partial charge in [-0.3, -0.25) is 9.69 Å². The molecule has 0 spiro atoms. The summed E-state index contributed by atoms with van der Waals surface area (Å²) >= 11 is 1.51. The first-order chi connectivity index (χ1) is 10.2. The van der Waals surface area contributed by atoms with Gasteiger partial charge in [-0.15, -0.1) is 0 Å². The Bertz CT molecular complexity index is 454. The lowest BCUT2D eigenvalue weighted by Gasteiger charge is -2.17. The molecule has 2 aliphatic rings. The number of ether oxygens (including phenoxy) is 1. The SMILES string of the molecule is COC1=CC=C(CCCSC(=O)C2CCCN2C)CC=C1. The molecule has 1 saturated heterocycles. The standard InChI is InChI=1S/C17H25NO2S/c1-18-12-4-9-16(18)17(19)21-13-5-7-14-6-3-8-15(20-2)11-10-14/h3,8,10-11,16H,4-7,9,12-13H2,1-2H3. The summed E-state index contributed by atoms with van der Waals surface area (Å²) in [7, 11) is 3.75. The van der Waals surface area contributed by atoms with Crippen molar-refractivity contribution in [3.05, 3.63) is 35.6 Å². The molecule has 0 bridgehead atoms. The number of carbonyl (C=O) groups is 1. The third kappa shape index (κ3) is 5.04. The van der Waals surface area contributed by atoms with Crippen molar-refractivity contribution in [3.63, 3.8) is 0 Å². The highest BCUT2D eigenvalue weighted by molar-refractivity contribution is 8.13. The molecule has 0 radical (unpaired) electrons. The predicted molar refractivity (Wildman–Crippen MR) is 89.3 cm³/mol. The monoisotopic (exact) mass is 307 g/mol. The van der Waals surface area contributed by atoms with E-state index < -0.39 is 0 Å². The molecule has 0 aromatic heterocycles. The second kappa shape index (κ2) is 8.44. The number of likely N-dealkylation sites (tertiary alicyclic amines) is 1. The third-order valence-electron chi connectivity index (χ3n) is 4.06. The highest BCUT2D eigenvalue weighted by Gasteiger charge is 2.27. The van der Waals surface area contributed by atoms with Gasteiger partial charge < -0.3 is 4.74 Å². The number of hydrogen-bond acceptors (Lipinski definition) is 4. The summed E-state index contributed by atoms with van der Waals surface area (Å²) in [5.41, 5.74) is 1.41. The number of nitrogens with zero attached hydrogens (tertiary/aromatic N) is 1. The van der Waals surface area contributed by atoms with Crippen molar-refractivity contribution in [3.8, 4) is 0 Å². The van der Waals surface area contributed by atoms with Gasteiger partial charge in [0.25, 0.3) is 0 Å². The molecule has 3 nitrogen and oxygen atoms in total. The van der Waals surface area contributed by atoms with Crippen molar-refractivity contribution in [2.45, 2.75) is 38.1 Å². The molecular formula is C17H25NO2S. The minimum Gasteiger partial charge on any atom is -0.497 e. The van der Waals surface area contributed by atoms with E-state index in [1.807, 2.05) is 12.2 Å². The van der Waals surface area contributed by atoms with Crippen molar-refractivity contribution >= 4 is 16.9 Å². The van der Waals surface area contributed by atoms with Crippen LogP contribution in [-0.2, 0) is 9.53 Å². The first kappa shape index (κ1) is 16.4. The lowest BCUT2D eigenvalue weighted by Crippen LogP contribution is -2.31. The molecule has 1 aliphatic heterocycles. The number of rotatable bonds is 6. The molecule has 0 N–H and O–H groups in total. The van der Waals surface area contributed by atoms with E-state index in [1.54, 1.807) is 7.11 Å². The Hall–Kier alpha value is -1.00. The van der Waals surface area contributed by atoms with Crippen LogP contribution in [0.4, 0.5) is 0 Å². The quantitative estimate of drug-likeness (QED) is 0.702. The Balaban J connectivity index is 1.68.